The van der Waals surface area contributed by atoms with E-state index in [4.69, 9.17) is 15.7 Å². The van der Waals surface area contributed by atoms with Crippen molar-refractivity contribution >= 4 is 17.2 Å². The van der Waals surface area contributed by atoms with E-state index >= 15 is 0 Å². The summed E-state index contributed by atoms with van der Waals surface area (Å²) in [4.78, 5) is 5.41. The molecule has 2 aromatic rings. The Morgan fingerprint density at radius 2 is 2.32 bits per heavy atom. The van der Waals surface area contributed by atoms with Crippen LogP contribution in [-0.4, -0.2) is 16.0 Å². The molecule has 0 radical (unpaired) electrons. The molecule has 2 rings (SSSR count). The van der Waals surface area contributed by atoms with Gasteiger partial charge in [0.15, 0.2) is 5.84 Å². The average Bonchev–Trinajstić information content (AvgIpc) is 2.88. The maximum absolute atomic E-state index is 8.84. The Bertz CT molecular complexity index is 594. The van der Waals surface area contributed by atoms with Crippen LogP contribution in [0.15, 0.2) is 28.7 Å². The molecular formula is C13H15N3O2S. The minimum atomic E-state index is 0.00572. The second-order valence-electron chi connectivity index (χ2n) is 4.08. The Morgan fingerprint density at radius 3 is 2.95 bits per heavy atom. The van der Waals surface area contributed by atoms with E-state index in [0.717, 1.165) is 10.6 Å². The van der Waals surface area contributed by atoms with Crippen molar-refractivity contribution in [1.29, 1.82) is 0 Å². The average molecular weight is 277 g/mol. The van der Waals surface area contributed by atoms with Crippen LogP contribution in [0.4, 0.5) is 0 Å². The van der Waals surface area contributed by atoms with Crippen molar-refractivity contribution < 1.29 is 9.94 Å². The number of oxime groups is 1. The molecule has 0 aliphatic carbocycles. The standard InChI is InChI=1S/C13H15N3O2S/c1-8-6-11(18-7-10-4-3-5-19-10)12(9(2)15-8)13(14)16-17/h3-6,17H,7H2,1-2H3,(H2,14,16). The van der Waals surface area contributed by atoms with E-state index < -0.39 is 0 Å². The summed E-state index contributed by atoms with van der Waals surface area (Å²) in [6, 6.07) is 5.75. The van der Waals surface area contributed by atoms with Crippen LogP contribution in [0.5, 0.6) is 5.75 Å². The molecular weight excluding hydrogens is 262 g/mol. The summed E-state index contributed by atoms with van der Waals surface area (Å²) in [5, 5.41) is 13.9. The molecule has 19 heavy (non-hydrogen) atoms. The van der Waals surface area contributed by atoms with Crippen LogP contribution >= 0.6 is 11.3 Å². The highest BCUT2D eigenvalue weighted by Crippen LogP contribution is 2.24. The van der Waals surface area contributed by atoms with Crippen molar-refractivity contribution in [1.82, 2.24) is 4.98 Å². The van der Waals surface area contributed by atoms with Gasteiger partial charge in [0.2, 0.25) is 0 Å². The van der Waals surface area contributed by atoms with E-state index in [9.17, 15) is 0 Å². The molecule has 0 aliphatic rings. The van der Waals surface area contributed by atoms with Gasteiger partial charge in [-0.25, -0.2) is 0 Å². The van der Waals surface area contributed by atoms with E-state index in [-0.39, 0.29) is 5.84 Å². The third-order valence-electron chi connectivity index (χ3n) is 2.61. The number of pyridine rings is 1. The summed E-state index contributed by atoms with van der Waals surface area (Å²) in [5.74, 6) is 0.583. The van der Waals surface area contributed by atoms with Gasteiger partial charge in [-0.2, -0.15) is 0 Å². The number of thiophene rings is 1. The predicted molar refractivity (Wildman–Crippen MR) is 74.9 cm³/mol. The molecule has 3 N–H and O–H groups in total. The van der Waals surface area contributed by atoms with E-state index in [1.165, 1.54) is 0 Å². The number of hydrogen-bond donors (Lipinski definition) is 2. The molecule has 0 saturated heterocycles. The molecule has 0 amide bonds. The Kier molecular flexibility index (Phi) is 4.01. The third-order valence-corrected chi connectivity index (χ3v) is 3.46. The van der Waals surface area contributed by atoms with Gasteiger partial charge in [0.05, 0.1) is 11.3 Å². The van der Waals surface area contributed by atoms with Gasteiger partial charge in [0, 0.05) is 16.6 Å². The van der Waals surface area contributed by atoms with Gasteiger partial charge in [-0.05, 0) is 25.3 Å². The van der Waals surface area contributed by atoms with Crippen LogP contribution in [0.1, 0.15) is 21.8 Å². The molecule has 0 aliphatic heterocycles. The maximum Gasteiger partial charge on any atom is 0.175 e. The Hall–Kier alpha value is -2.08. The van der Waals surface area contributed by atoms with Gasteiger partial charge in [-0.3, -0.25) is 4.98 Å². The van der Waals surface area contributed by atoms with Crippen LogP contribution < -0.4 is 10.5 Å². The number of aryl methyl sites for hydroxylation is 2. The topological polar surface area (TPSA) is 80.7 Å². The molecule has 0 bridgehead atoms. The van der Waals surface area contributed by atoms with Gasteiger partial charge in [-0.15, -0.1) is 11.3 Å². The molecule has 5 nitrogen and oxygen atoms in total. The minimum absolute atomic E-state index is 0.00572. The fraction of sp³-hybridized carbons (Fsp3) is 0.231. The largest absolute Gasteiger partial charge is 0.487 e. The lowest BCUT2D eigenvalue weighted by Crippen LogP contribution is -2.17. The maximum atomic E-state index is 8.84. The summed E-state index contributed by atoms with van der Waals surface area (Å²) in [6.07, 6.45) is 0. The van der Waals surface area contributed by atoms with Crippen LogP contribution in [0, 0.1) is 13.8 Å². The Morgan fingerprint density at radius 1 is 1.53 bits per heavy atom. The molecule has 6 heteroatoms. The first-order valence-electron chi connectivity index (χ1n) is 5.73. The molecule has 2 aromatic heterocycles. The number of amidine groups is 1. The lowest BCUT2D eigenvalue weighted by molar-refractivity contribution is 0.305. The van der Waals surface area contributed by atoms with Crippen LogP contribution in [0.25, 0.3) is 0 Å². The number of nitrogens with zero attached hydrogens (tertiary/aromatic N) is 2. The Balaban J connectivity index is 2.32. The van der Waals surface area contributed by atoms with Crippen molar-refractivity contribution in [2.75, 3.05) is 0 Å². The normalized spacial score (nSPS) is 11.6. The van der Waals surface area contributed by atoms with Gasteiger partial charge in [0.25, 0.3) is 0 Å². The number of ether oxygens (including phenoxy) is 1. The number of hydrogen-bond acceptors (Lipinski definition) is 5. The first-order chi connectivity index (χ1) is 9.11. The molecule has 100 valence electrons. The molecule has 0 spiro atoms. The van der Waals surface area contributed by atoms with Gasteiger partial charge < -0.3 is 15.7 Å². The smallest absolute Gasteiger partial charge is 0.175 e. The van der Waals surface area contributed by atoms with E-state index in [2.05, 4.69) is 10.1 Å². The molecule has 0 atom stereocenters. The number of rotatable bonds is 4. The zero-order valence-corrected chi connectivity index (χ0v) is 11.6. The highest BCUT2D eigenvalue weighted by Gasteiger charge is 2.14. The fourth-order valence-electron chi connectivity index (χ4n) is 1.81. The first-order valence-corrected chi connectivity index (χ1v) is 6.61. The van der Waals surface area contributed by atoms with Crippen LogP contribution in [0.2, 0.25) is 0 Å². The lowest BCUT2D eigenvalue weighted by Gasteiger charge is -2.13. The van der Waals surface area contributed by atoms with Crippen molar-refractivity contribution in [2.24, 2.45) is 10.9 Å². The number of nitrogens with two attached hydrogens (primary N) is 1. The van der Waals surface area contributed by atoms with Crippen molar-refractivity contribution in [2.45, 2.75) is 20.5 Å². The van der Waals surface area contributed by atoms with E-state index in [0.29, 0.717) is 23.6 Å². The highest BCUT2D eigenvalue weighted by molar-refractivity contribution is 7.09. The second kappa shape index (κ2) is 5.71. The quantitative estimate of drug-likeness (QED) is 0.389. The van der Waals surface area contributed by atoms with Gasteiger partial charge in [-0.1, -0.05) is 11.2 Å². The van der Waals surface area contributed by atoms with Gasteiger partial charge in [0.1, 0.15) is 12.4 Å². The van der Waals surface area contributed by atoms with Crippen LogP contribution in [-0.2, 0) is 6.61 Å². The van der Waals surface area contributed by atoms with Gasteiger partial charge >= 0.3 is 0 Å². The summed E-state index contributed by atoms with van der Waals surface area (Å²) in [7, 11) is 0. The Labute approximate surface area is 115 Å². The SMILES string of the molecule is Cc1cc(OCc2cccs2)c(/C(N)=N/O)c(C)n1. The summed E-state index contributed by atoms with van der Waals surface area (Å²) in [6.45, 7) is 4.13. The highest BCUT2D eigenvalue weighted by atomic mass is 32.1. The molecule has 0 aromatic carbocycles. The first kappa shape index (κ1) is 13.4. The second-order valence-corrected chi connectivity index (χ2v) is 5.11. The third kappa shape index (κ3) is 3.03. The monoisotopic (exact) mass is 277 g/mol. The van der Waals surface area contributed by atoms with Crippen molar-refractivity contribution in [3.63, 3.8) is 0 Å². The molecule has 2 heterocycles. The zero-order valence-electron chi connectivity index (χ0n) is 10.8. The number of aromatic nitrogens is 1. The van der Waals surface area contributed by atoms with E-state index in [1.807, 2.05) is 24.4 Å². The van der Waals surface area contributed by atoms with E-state index in [1.54, 1.807) is 24.3 Å². The van der Waals surface area contributed by atoms with Crippen molar-refractivity contribution in [3.8, 4) is 5.75 Å². The lowest BCUT2D eigenvalue weighted by atomic mass is 10.1. The fourth-order valence-corrected chi connectivity index (χ4v) is 2.43. The summed E-state index contributed by atoms with van der Waals surface area (Å²) >= 11 is 1.62. The zero-order chi connectivity index (χ0) is 13.8. The summed E-state index contributed by atoms with van der Waals surface area (Å²) < 4.78 is 5.76. The van der Waals surface area contributed by atoms with Crippen LogP contribution in [0.3, 0.4) is 0 Å². The van der Waals surface area contributed by atoms with Crippen molar-refractivity contribution in [3.05, 3.63) is 45.4 Å². The molecule has 0 saturated carbocycles. The minimum Gasteiger partial charge on any atom is -0.487 e. The molecule has 0 fully saturated rings. The summed E-state index contributed by atoms with van der Waals surface area (Å²) in [5.41, 5.74) is 7.71. The predicted octanol–water partition coefficient (Wildman–Crippen LogP) is 2.43. The molecule has 0 unspecified atom stereocenters.